The molecule has 3 rings (SSSR count). The Bertz CT molecular complexity index is 875. The smallest absolute Gasteiger partial charge is 0.246 e. The van der Waals surface area contributed by atoms with Gasteiger partial charge >= 0.3 is 0 Å². The highest BCUT2D eigenvalue weighted by Gasteiger charge is 2.33. The monoisotopic (exact) mass is 380 g/mol. The van der Waals surface area contributed by atoms with Crippen molar-refractivity contribution in [3.8, 4) is 0 Å². The quantitative estimate of drug-likeness (QED) is 0.790. The Morgan fingerprint density at radius 3 is 2.42 bits per heavy atom. The van der Waals surface area contributed by atoms with Crippen LogP contribution in [0.15, 0.2) is 11.2 Å². The number of aryl methyl sites for hydroxylation is 2. The lowest BCUT2D eigenvalue weighted by Gasteiger charge is -2.31. The number of nitrogens with zero attached hydrogens (tertiary/aromatic N) is 6. The Balaban J connectivity index is 1.69. The fourth-order valence-electron chi connectivity index (χ4n) is 3.71. The summed E-state index contributed by atoms with van der Waals surface area (Å²) in [5.74, 6) is 1.42. The Hall–Kier alpha value is -1.74. The van der Waals surface area contributed by atoms with Gasteiger partial charge in [-0.2, -0.15) is 9.40 Å². The number of sulfonamides is 1. The van der Waals surface area contributed by atoms with Gasteiger partial charge < -0.3 is 4.57 Å². The van der Waals surface area contributed by atoms with Crippen molar-refractivity contribution in [3.63, 3.8) is 0 Å². The molecule has 8 nitrogen and oxygen atoms in total. The number of piperidine rings is 1. The highest BCUT2D eigenvalue weighted by Crippen LogP contribution is 2.28. The maximum Gasteiger partial charge on any atom is 0.246 e. The van der Waals surface area contributed by atoms with Gasteiger partial charge in [-0.15, -0.1) is 10.2 Å². The summed E-state index contributed by atoms with van der Waals surface area (Å²) in [7, 11) is -1.72. The van der Waals surface area contributed by atoms with Crippen molar-refractivity contribution >= 4 is 10.0 Å². The fourth-order valence-corrected chi connectivity index (χ4v) is 5.58. The third-order valence-electron chi connectivity index (χ3n) is 5.29. The van der Waals surface area contributed by atoms with Crippen molar-refractivity contribution in [2.24, 2.45) is 13.0 Å². The molecule has 144 valence electrons. The third-order valence-corrected chi connectivity index (χ3v) is 7.44. The van der Waals surface area contributed by atoms with Crippen molar-refractivity contribution in [2.75, 3.05) is 13.1 Å². The average molecular weight is 381 g/mol. The van der Waals surface area contributed by atoms with Crippen molar-refractivity contribution in [1.82, 2.24) is 28.9 Å². The predicted octanol–water partition coefficient (Wildman–Crippen LogP) is 1.85. The van der Waals surface area contributed by atoms with E-state index >= 15 is 0 Å². The van der Waals surface area contributed by atoms with Crippen LogP contribution in [0, 0.1) is 19.8 Å². The van der Waals surface area contributed by atoms with Gasteiger partial charge in [0.1, 0.15) is 17.0 Å². The molecule has 0 bridgehead atoms. The van der Waals surface area contributed by atoms with Gasteiger partial charge in [-0.1, -0.05) is 0 Å². The Labute approximate surface area is 155 Å². The summed E-state index contributed by atoms with van der Waals surface area (Å²) >= 11 is 0. The number of hydrogen-bond donors (Lipinski definition) is 0. The number of hydrogen-bond acceptors (Lipinski definition) is 5. The molecule has 0 atom stereocenters. The van der Waals surface area contributed by atoms with Crippen LogP contribution in [0.1, 0.15) is 49.9 Å². The van der Waals surface area contributed by atoms with Crippen LogP contribution >= 0.6 is 0 Å². The van der Waals surface area contributed by atoms with Crippen LogP contribution in [0.25, 0.3) is 0 Å². The summed E-state index contributed by atoms with van der Waals surface area (Å²) in [5, 5.41) is 12.5. The van der Waals surface area contributed by atoms with Gasteiger partial charge in [0.15, 0.2) is 0 Å². The van der Waals surface area contributed by atoms with Gasteiger partial charge in [0, 0.05) is 32.6 Å². The van der Waals surface area contributed by atoms with Crippen LogP contribution in [0.5, 0.6) is 0 Å². The van der Waals surface area contributed by atoms with E-state index in [0.717, 1.165) is 25.1 Å². The van der Waals surface area contributed by atoms with E-state index in [4.69, 9.17) is 0 Å². The zero-order chi connectivity index (χ0) is 19.1. The van der Waals surface area contributed by atoms with Crippen LogP contribution in [-0.2, 0) is 23.5 Å². The molecular weight excluding hydrogens is 352 g/mol. The van der Waals surface area contributed by atoms with Crippen LogP contribution in [0.3, 0.4) is 0 Å². The van der Waals surface area contributed by atoms with Crippen LogP contribution in [0.2, 0.25) is 0 Å². The van der Waals surface area contributed by atoms with Gasteiger partial charge in [-0.3, -0.25) is 4.68 Å². The van der Waals surface area contributed by atoms with Gasteiger partial charge in [0.05, 0.1) is 11.4 Å². The molecule has 0 aliphatic carbocycles. The molecule has 0 N–H and O–H groups in total. The molecule has 0 saturated carbocycles. The van der Waals surface area contributed by atoms with E-state index in [1.54, 1.807) is 36.2 Å². The average Bonchev–Trinajstić information content (AvgIpc) is 3.13. The molecule has 2 aromatic rings. The molecule has 2 aromatic heterocycles. The summed E-state index contributed by atoms with van der Waals surface area (Å²) in [4.78, 5) is 0.359. The summed E-state index contributed by atoms with van der Waals surface area (Å²) in [6.07, 6.45) is 4.29. The minimum absolute atomic E-state index is 0.331. The molecule has 0 radical (unpaired) electrons. The first-order chi connectivity index (χ1) is 12.2. The third kappa shape index (κ3) is 3.42. The first-order valence-corrected chi connectivity index (χ1v) is 10.5. The second kappa shape index (κ2) is 7.11. The molecule has 3 heterocycles. The number of aromatic nitrogens is 5. The summed E-state index contributed by atoms with van der Waals surface area (Å²) in [6, 6.07) is 0.331. The maximum atomic E-state index is 13.1. The molecule has 26 heavy (non-hydrogen) atoms. The lowest BCUT2D eigenvalue weighted by molar-refractivity contribution is 0.268. The number of rotatable bonds is 5. The molecule has 0 amide bonds. The molecule has 1 saturated heterocycles. The summed E-state index contributed by atoms with van der Waals surface area (Å²) < 4.78 is 31.4. The first kappa shape index (κ1) is 19.0. The standard InChI is InChI=1S/C17H28N6O2S/c1-12(2)23-11-18-19-16(23)10-15-6-8-22(9-7-15)26(24,25)17-13(3)20-21(5)14(17)4/h11-12,15H,6-10H2,1-5H3. The highest BCUT2D eigenvalue weighted by atomic mass is 32.2. The zero-order valence-electron chi connectivity index (χ0n) is 16.2. The van der Waals surface area contributed by atoms with Crippen molar-refractivity contribution < 1.29 is 8.42 Å². The Kier molecular flexibility index (Phi) is 5.21. The molecule has 1 aliphatic heterocycles. The van der Waals surface area contributed by atoms with Gasteiger partial charge in [-0.25, -0.2) is 8.42 Å². The molecule has 0 unspecified atom stereocenters. The van der Waals surface area contributed by atoms with E-state index in [0.29, 0.717) is 41.3 Å². The van der Waals surface area contributed by atoms with E-state index in [1.807, 2.05) is 0 Å². The maximum absolute atomic E-state index is 13.1. The molecule has 0 spiro atoms. The van der Waals surface area contributed by atoms with E-state index in [2.05, 4.69) is 33.7 Å². The normalized spacial score (nSPS) is 17.3. The minimum Gasteiger partial charge on any atom is -0.315 e. The predicted molar refractivity (Wildman–Crippen MR) is 98.3 cm³/mol. The highest BCUT2D eigenvalue weighted by molar-refractivity contribution is 7.89. The molecule has 1 aliphatic rings. The van der Waals surface area contributed by atoms with Gasteiger partial charge in [-0.05, 0) is 46.5 Å². The largest absolute Gasteiger partial charge is 0.315 e. The molecule has 1 fully saturated rings. The molecule has 9 heteroatoms. The lowest BCUT2D eigenvalue weighted by Crippen LogP contribution is -2.39. The topological polar surface area (TPSA) is 85.9 Å². The minimum atomic E-state index is -3.49. The Morgan fingerprint density at radius 2 is 1.88 bits per heavy atom. The molecule has 0 aromatic carbocycles. The second-order valence-corrected chi connectivity index (χ2v) is 9.30. The zero-order valence-corrected chi connectivity index (χ0v) is 17.0. The fraction of sp³-hybridized carbons (Fsp3) is 0.706. The SMILES string of the molecule is Cc1nn(C)c(C)c1S(=O)(=O)N1CCC(Cc2nncn2C(C)C)CC1. The van der Waals surface area contributed by atoms with Crippen LogP contribution in [-0.4, -0.2) is 50.4 Å². The first-order valence-electron chi connectivity index (χ1n) is 9.10. The van der Waals surface area contributed by atoms with Crippen molar-refractivity contribution in [2.45, 2.75) is 57.9 Å². The van der Waals surface area contributed by atoms with E-state index in [1.165, 1.54) is 0 Å². The van der Waals surface area contributed by atoms with Gasteiger partial charge in [0.25, 0.3) is 0 Å². The molecular formula is C17H28N6O2S. The lowest BCUT2D eigenvalue weighted by atomic mass is 9.94. The van der Waals surface area contributed by atoms with E-state index in [-0.39, 0.29) is 0 Å². The second-order valence-electron chi connectivity index (χ2n) is 7.42. The van der Waals surface area contributed by atoms with Gasteiger partial charge in [0.2, 0.25) is 10.0 Å². The van der Waals surface area contributed by atoms with Crippen molar-refractivity contribution in [3.05, 3.63) is 23.5 Å². The van der Waals surface area contributed by atoms with Crippen molar-refractivity contribution in [1.29, 1.82) is 0 Å². The van der Waals surface area contributed by atoms with Crippen LogP contribution in [0.4, 0.5) is 0 Å². The summed E-state index contributed by atoms with van der Waals surface area (Å²) in [5.41, 5.74) is 1.26. The van der Waals surface area contributed by atoms with E-state index in [9.17, 15) is 8.42 Å². The van der Waals surface area contributed by atoms with Crippen LogP contribution < -0.4 is 0 Å². The summed E-state index contributed by atoms with van der Waals surface area (Å²) in [6.45, 7) is 8.86. The Morgan fingerprint density at radius 1 is 1.23 bits per heavy atom. The van der Waals surface area contributed by atoms with E-state index < -0.39 is 10.0 Å².